The van der Waals surface area contributed by atoms with Crippen LogP contribution in [0.4, 0.5) is 23.5 Å². The molecule has 0 atom stereocenters. The summed E-state index contributed by atoms with van der Waals surface area (Å²) >= 11 is 0. The molecule has 0 bridgehead atoms. The summed E-state index contributed by atoms with van der Waals surface area (Å²) in [5, 5.41) is 12.5. The van der Waals surface area contributed by atoms with Gasteiger partial charge in [0.2, 0.25) is 17.8 Å². The highest BCUT2D eigenvalue weighted by molar-refractivity contribution is 5.95. The predicted molar refractivity (Wildman–Crippen MR) is 153 cm³/mol. The van der Waals surface area contributed by atoms with Crippen LogP contribution < -0.4 is 27.0 Å². The number of hydrogen-bond donors (Lipinski definition) is 5. The lowest BCUT2D eigenvalue weighted by Crippen LogP contribution is -2.27. The first-order chi connectivity index (χ1) is 18.7. The van der Waals surface area contributed by atoms with E-state index < -0.39 is 0 Å². The Labute approximate surface area is 226 Å². The van der Waals surface area contributed by atoms with Crippen molar-refractivity contribution in [2.75, 3.05) is 68.6 Å². The van der Waals surface area contributed by atoms with E-state index in [0.717, 1.165) is 13.0 Å². The molecule has 0 aliphatic carbocycles. The molecule has 11 heteroatoms. The van der Waals surface area contributed by atoms with Crippen LogP contribution in [-0.2, 0) is 9.47 Å². The minimum Gasteiger partial charge on any atom is -0.378 e. The highest BCUT2D eigenvalue weighted by Gasteiger charge is 2.09. The van der Waals surface area contributed by atoms with Crippen molar-refractivity contribution < 1.29 is 14.3 Å². The molecule has 0 fully saturated rings. The summed E-state index contributed by atoms with van der Waals surface area (Å²) < 4.78 is 10.7. The molecule has 0 radical (unpaired) electrons. The van der Waals surface area contributed by atoms with Gasteiger partial charge in [0.25, 0.3) is 5.91 Å². The average Bonchev–Trinajstić information content (AvgIpc) is 2.93. The van der Waals surface area contributed by atoms with E-state index in [9.17, 15) is 4.79 Å². The van der Waals surface area contributed by atoms with Gasteiger partial charge >= 0.3 is 0 Å². The molecule has 0 aliphatic heterocycles. The Morgan fingerprint density at radius 1 is 0.921 bits per heavy atom. The highest BCUT2D eigenvalue weighted by Crippen LogP contribution is 2.17. The summed E-state index contributed by atoms with van der Waals surface area (Å²) in [4.78, 5) is 26.0. The number of ether oxygens (including phenoxy) is 2. The number of benzene rings is 1. The molecule has 0 saturated heterocycles. The van der Waals surface area contributed by atoms with Gasteiger partial charge in [-0.25, -0.2) is 0 Å². The van der Waals surface area contributed by atoms with Gasteiger partial charge in [0, 0.05) is 37.4 Å². The van der Waals surface area contributed by atoms with Crippen LogP contribution >= 0.6 is 0 Å². The second-order valence-electron chi connectivity index (χ2n) is 8.65. The molecule has 1 aromatic heterocycles. The van der Waals surface area contributed by atoms with Gasteiger partial charge in [-0.15, -0.1) is 6.58 Å². The van der Waals surface area contributed by atoms with Crippen molar-refractivity contribution >= 4 is 29.4 Å². The standard InChI is InChI=1S/C27H44N8O3/c1-3-5-6-7-8-9-15-31-26-33-25(30-14-4-2)34-27(35-26)32-23-12-10-11-22(21-23)24(36)29-16-18-38-20-19-37-17-13-28/h4,10-12,21H,2-3,5-9,13-20,28H2,1H3,(H,29,36)(H3,30,31,32,33,34,35). The van der Waals surface area contributed by atoms with E-state index >= 15 is 0 Å². The van der Waals surface area contributed by atoms with E-state index in [1.807, 2.05) is 6.07 Å². The van der Waals surface area contributed by atoms with Crippen LogP contribution in [0.2, 0.25) is 0 Å². The van der Waals surface area contributed by atoms with Gasteiger partial charge in [-0.1, -0.05) is 51.2 Å². The average molecular weight is 529 g/mol. The molecule has 11 nitrogen and oxygen atoms in total. The van der Waals surface area contributed by atoms with Crippen LogP contribution in [0.15, 0.2) is 36.9 Å². The van der Waals surface area contributed by atoms with Crippen LogP contribution in [0.1, 0.15) is 55.8 Å². The maximum Gasteiger partial charge on any atom is 0.251 e. The molecular weight excluding hydrogens is 484 g/mol. The van der Waals surface area contributed by atoms with Gasteiger partial charge in [-0.3, -0.25) is 4.79 Å². The number of nitrogens with two attached hydrogens (primary N) is 1. The van der Waals surface area contributed by atoms with Crippen LogP contribution in [0.3, 0.4) is 0 Å². The number of carbonyl (C=O) groups excluding carboxylic acids is 1. The third kappa shape index (κ3) is 13.3. The van der Waals surface area contributed by atoms with Gasteiger partial charge < -0.3 is 36.5 Å². The predicted octanol–water partition coefficient (Wildman–Crippen LogP) is 3.71. The van der Waals surface area contributed by atoms with Crippen molar-refractivity contribution in [3.05, 3.63) is 42.5 Å². The van der Waals surface area contributed by atoms with Gasteiger partial charge in [0.05, 0.1) is 26.4 Å². The first-order valence-electron chi connectivity index (χ1n) is 13.5. The maximum absolute atomic E-state index is 12.6. The molecule has 2 aromatic rings. The second kappa shape index (κ2) is 19.8. The van der Waals surface area contributed by atoms with Crippen molar-refractivity contribution in [1.29, 1.82) is 0 Å². The molecule has 6 N–H and O–H groups in total. The van der Waals surface area contributed by atoms with E-state index in [0.29, 0.717) is 75.2 Å². The number of rotatable bonds is 22. The molecule has 210 valence electrons. The summed E-state index contributed by atoms with van der Waals surface area (Å²) in [6.07, 6.45) is 9.02. The maximum atomic E-state index is 12.6. The van der Waals surface area contributed by atoms with Gasteiger partial charge in [-0.05, 0) is 24.6 Å². The normalized spacial score (nSPS) is 10.7. The number of hydrogen-bond acceptors (Lipinski definition) is 10. The fraction of sp³-hybridized carbons (Fsp3) is 0.556. The Hall–Kier alpha value is -3.28. The number of carbonyl (C=O) groups is 1. The molecule has 1 heterocycles. The smallest absolute Gasteiger partial charge is 0.251 e. The van der Waals surface area contributed by atoms with E-state index in [1.165, 1.54) is 32.1 Å². The van der Waals surface area contributed by atoms with Crippen molar-refractivity contribution in [3.63, 3.8) is 0 Å². The third-order valence-corrected chi connectivity index (χ3v) is 5.40. The lowest BCUT2D eigenvalue weighted by Gasteiger charge is -2.12. The summed E-state index contributed by atoms with van der Waals surface area (Å²) in [5.74, 6) is 1.11. The van der Waals surface area contributed by atoms with E-state index in [1.54, 1.807) is 24.3 Å². The number of anilines is 4. The van der Waals surface area contributed by atoms with Crippen molar-refractivity contribution in [3.8, 4) is 0 Å². The topological polar surface area (TPSA) is 148 Å². The number of aromatic nitrogens is 3. The van der Waals surface area contributed by atoms with Crippen LogP contribution in [0.25, 0.3) is 0 Å². The molecule has 38 heavy (non-hydrogen) atoms. The zero-order chi connectivity index (χ0) is 27.3. The van der Waals surface area contributed by atoms with Crippen LogP contribution in [-0.4, -0.2) is 73.5 Å². The largest absolute Gasteiger partial charge is 0.378 e. The van der Waals surface area contributed by atoms with Crippen LogP contribution in [0.5, 0.6) is 0 Å². The monoisotopic (exact) mass is 528 g/mol. The Balaban J connectivity index is 1.90. The summed E-state index contributed by atoms with van der Waals surface area (Å²) in [6.45, 7) is 10.0. The Bertz CT molecular complexity index is 944. The number of amides is 1. The lowest BCUT2D eigenvalue weighted by atomic mass is 10.1. The SMILES string of the molecule is C=CCNc1nc(NCCCCCCCC)nc(Nc2cccc(C(=O)NCCOCCOCCN)c2)n1. The molecule has 0 saturated carbocycles. The Morgan fingerprint density at radius 3 is 2.39 bits per heavy atom. The summed E-state index contributed by atoms with van der Waals surface area (Å²) in [6, 6.07) is 7.16. The van der Waals surface area contributed by atoms with E-state index in [-0.39, 0.29) is 5.91 Å². The van der Waals surface area contributed by atoms with E-state index in [2.05, 4.69) is 49.7 Å². The van der Waals surface area contributed by atoms with Crippen molar-refractivity contribution in [2.45, 2.75) is 45.4 Å². The molecule has 0 unspecified atom stereocenters. The van der Waals surface area contributed by atoms with Crippen molar-refractivity contribution in [2.24, 2.45) is 5.73 Å². The first-order valence-corrected chi connectivity index (χ1v) is 13.5. The molecule has 1 amide bonds. The highest BCUT2D eigenvalue weighted by atomic mass is 16.5. The quantitative estimate of drug-likeness (QED) is 0.113. The minimum atomic E-state index is -0.193. The number of nitrogens with one attached hydrogen (secondary N) is 4. The van der Waals surface area contributed by atoms with Crippen molar-refractivity contribution in [1.82, 2.24) is 20.3 Å². The van der Waals surface area contributed by atoms with Gasteiger partial charge in [-0.2, -0.15) is 15.0 Å². The fourth-order valence-electron chi connectivity index (χ4n) is 3.47. The molecule has 0 aliphatic rings. The first kappa shape index (κ1) is 30.9. The lowest BCUT2D eigenvalue weighted by molar-refractivity contribution is 0.0511. The molecule has 0 spiro atoms. The fourth-order valence-corrected chi connectivity index (χ4v) is 3.47. The minimum absolute atomic E-state index is 0.193. The molecular formula is C27H44N8O3. The summed E-state index contributed by atoms with van der Waals surface area (Å²) in [5.41, 5.74) is 6.57. The number of unbranched alkanes of at least 4 members (excludes halogenated alkanes) is 5. The second-order valence-corrected chi connectivity index (χ2v) is 8.65. The molecule has 2 rings (SSSR count). The van der Waals surface area contributed by atoms with Crippen LogP contribution in [0, 0.1) is 0 Å². The molecule has 1 aromatic carbocycles. The van der Waals surface area contributed by atoms with Gasteiger partial charge in [0.1, 0.15) is 0 Å². The van der Waals surface area contributed by atoms with E-state index in [4.69, 9.17) is 15.2 Å². The Morgan fingerprint density at radius 2 is 1.63 bits per heavy atom. The third-order valence-electron chi connectivity index (χ3n) is 5.40. The summed E-state index contributed by atoms with van der Waals surface area (Å²) in [7, 11) is 0. The van der Waals surface area contributed by atoms with Gasteiger partial charge in [0.15, 0.2) is 0 Å². The Kier molecular flexibility index (Phi) is 16.1. The zero-order valence-corrected chi connectivity index (χ0v) is 22.6. The zero-order valence-electron chi connectivity index (χ0n) is 22.6. The number of nitrogens with zero attached hydrogens (tertiary/aromatic N) is 3.